The van der Waals surface area contributed by atoms with Gasteiger partial charge in [0.15, 0.2) is 5.17 Å². The van der Waals surface area contributed by atoms with Gasteiger partial charge >= 0.3 is 6.09 Å². The summed E-state index contributed by atoms with van der Waals surface area (Å²) in [6.07, 6.45) is 2.70. The van der Waals surface area contributed by atoms with Crippen molar-refractivity contribution >= 4 is 23.0 Å². The summed E-state index contributed by atoms with van der Waals surface area (Å²) < 4.78 is 5.04. The lowest BCUT2D eigenvalue weighted by Gasteiger charge is -2.19. The molecule has 0 unspecified atom stereocenters. The highest BCUT2D eigenvalue weighted by Crippen LogP contribution is 2.06. The molecule has 5 N–H and O–H groups in total. The van der Waals surface area contributed by atoms with Crippen LogP contribution >= 0.6 is 11.8 Å². The second-order valence-electron chi connectivity index (χ2n) is 4.23. The zero-order chi connectivity index (χ0) is 13.5. The lowest BCUT2D eigenvalue weighted by Crippen LogP contribution is -2.34. The van der Waals surface area contributed by atoms with E-state index in [0.717, 1.165) is 0 Å². The molecule has 0 saturated carbocycles. The maximum absolute atomic E-state index is 11.3. The molecule has 0 aromatic heterocycles. The van der Waals surface area contributed by atoms with E-state index >= 15 is 0 Å². The molecule has 0 rings (SSSR count). The number of thioether (sulfide) groups is 1. The summed E-state index contributed by atoms with van der Waals surface area (Å²) in [7, 11) is 0. The molecule has 0 atom stereocenters. The number of carbonyl (C=O) groups excluding carboxylic acids is 1. The minimum Gasteiger partial charge on any atom is -0.444 e. The van der Waals surface area contributed by atoms with Crippen LogP contribution in [0.3, 0.4) is 0 Å². The fourth-order valence-corrected chi connectivity index (χ4v) is 0.891. The van der Waals surface area contributed by atoms with E-state index in [1.807, 2.05) is 6.26 Å². The first kappa shape index (κ1) is 15.6. The van der Waals surface area contributed by atoms with Gasteiger partial charge in [0.2, 0.25) is 0 Å². The van der Waals surface area contributed by atoms with E-state index in [2.05, 4.69) is 10.3 Å². The predicted molar refractivity (Wildman–Crippen MR) is 71.6 cm³/mol. The van der Waals surface area contributed by atoms with E-state index in [9.17, 15) is 4.79 Å². The van der Waals surface area contributed by atoms with E-state index < -0.39 is 11.7 Å². The number of ether oxygens (including phenoxy) is 1. The quantitative estimate of drug-likeness (QED) is 0.518. The molecule has 0 aliphatic carbocycles. The van der Waals surface area contributed by atoms with Gasteiger partial charge in [0.25, 0.3) is 0 Å². The topological polar surface area (TPSA) is 103 Å². The number of alkyl carbamates (subject to hydrolysis) is 1. The number of nitrogens with zero attached hydrogens (tertiary/aromatic N) is 1. The molecule has 0 aliphatic rings. The molecule has 0 heterocycles. The molecule has 7 heteroatoms. The Balaban J connectivity index is 4.08. The highest BCUT2D eigenvalue weighted by Gasteiger charge is 2.15. The molecule has 0 bridgehead atoms. The minimum atomic E-state index is -0.524. The van der Waals surface area contributed by atoms with Crippen LogP contribution in [0.5, 0.6) is 0 Å². The summed E-state index contributed by atoms with van der Waals surface area (Å²) in [6.45, 7) is 5.53. The summed E-state index contributed by atoms with van der Waals surface area (Å²) in [4.78, 5) is 15.2. The van der Waals surface area contributed by atoms with Crippen molar-refractivity contribution in [3.63, 3.8) is 0 Å². The number of rotatable bonds is 3. The van der Waals surface area contributed by atoms with E-state index in [4.69, 9.17) is 16.2 Å². The maximum Gasteiger partial charge on any atom is 0.407 e. The number of nitrogens with two attached hydrogens (primary N) is 2. The van der Waals surface area contributed by atoms with Gasteiger partial charge in [-0.3, -0.25) is 0 Å². The summed E-state index contributed by atoms with van der Waals surface area (Å²) in [5.41, 5.74) is 10.9. The summed E-state index contributed by atoms with van der Waals surface area (Å²) in [5.74, 6) is 0. The number of aliphatic imine (C=N–C) groups is 1. The molecule has 0 aromatic rings. The third-order valence-corrected chi connectivity index (χ3v) is 1.93. The fraction of sp³-hybridized carbons (Fsp3) is 0.600. The average Bonchev–Trinajstić information content (AvgIpc) is 2.20. The van der Waals surface area contributed by atoms with E-state index in [0.29, 0.717) is 10.9 Å². The zero-order valence-corrected chi connectivity index (χ0v) is 11.4. The first-order chi connectivity index (χ1) is 7.74. The van der Waals surface area contributed by atoms with Gasteiger partial charge in [-0.05, 0) is 27.0 Å². The maximum atomic E-state index is 11.3. The summed E-state index contributed by atoms with van der Waals surface area (Å²) in [5, 5.41) is 2.92. The largest absolute Gasteiger partial charge is 0.444 e. The molecule has 17 heavy (non-hydrogen) atoms. The van der Waals surface area contributed by atoms with Crippen LogP contribution in [0.2, 0.25) is 0 Å². The van der Waals surface area contributed by atoms with Crippen molar-refractivity contribution in [3.05, 3.63) is 11.9 Å². The standard InChI is InChI=1S/C10H20N4O2S/c1-10(2,3)16-9(15)14-6-7(11)5-13-8(12)17-4/h5H,6,11H2,1-4H3,(H2,12,13)(H,14,15)/b7-5-. The first-order valence-corrected chi connectivity index (χ1v) is 6.25. The predicted octanol–water partition coefficient (Wildman–Crippen LogP) is 0.989. The Bertz CT molecular complexity index is 321. The van der Waals surface area contributed by atoms with Crippen LogP contribution in [-0.2, 0) is 4.74 Å². The Morgan fingerprint density at radius 3 is 2.53 bits per heavy atom. The van der Waals surface area contributed by atoms with Crippen molar-refractivity contribution in [2.75, 3.05) is 12.8 Å². The van der Waals surface area contributed by atoms with Crippen LogP contribution in [0.25, 0.3) is 0 Å². The van der Waals surface area contributed by atoms with Gasteiger partial charge in [-0.2, -0.15) is 0 Å². The Kier molecular flexibility index (Phi) is 6.48. The number of carbonyl (C=O) groups is 1. The lowest BCUT2D eigenvalue weighted by molar-refractivity contribution is 0.0532. The molecule has 0 aromatic carbocycles. The highest BCUT2D eigenvalue weighted by atomic mass is 32.2. The molecule has 0 spiro atoms. The van der Waals surface area contributed by atoms with Gasteiger partial charge in [-0.15, -0.1) is 0 Å². The van der Waals surface area contributed by atoms with Gasteiger partial charge in [-0.1, -0.05) is 11.8 Å². The van der Waals surface area contributed by atoms with Crippen molar-refractivity contribution in [2.45, 2.75) is 26.4 Å². The van der Waals surface area contributed by atoms with Crippen molar-refractivity contribution in [2.24, 2.45) is 16.5 Å². The van der Waals surface area contributed by atoms with Crippen LogP contribution in [-0.4, -0.2) is 29.7 Å². The molecular formula is C10H20N4O2S. The molecule has 0 aliphatic heterocycles. The number of amidine groups is 1. The normalized spacial score (nSPS) is 13.4. The lowest BCUT2D eigenvalue weighted by atomic mass is 10.2. The number of nitrogens with one attached hydrogen (secondary N) is 1. The minimum absolute atomic E-state index is 0.167. The molecule has 0 fully saturated rings. The van der Waals surface area contributed by atoms with Crippen LogP contribution in [0.1, 0.15) is 20.8 Å². The van der Waals surface area contributed by atoms with Crippen LogP contribution in [0.4, 0.5) is 4.79 Å². The van der Waals surface area contributed by atoms with E-state index in [1.165, 1.54) is 18.0 Å². The molecule has 1 amide bonds. The van der Waals surface area contributed by atoms with Gasteiger partial charge in [0.1, 0.15) is 5.60 Å². The SMILES string of the molecule is CSC(N)=N/C=C(\N)CNC(=O)OC(C)(C)C. The average molecular weight is 260 g/mol. The number of hydrogen-bond acceptors (Lipinski definition) is 5. The van der Waals surface area contributed by atoms with Crippen molar-refractivity contribution in [1.82, 2.24) is 5.32 Å². The molecule has 98 valence electrons. The Hall–Kier alpha value is -1.37. The Morgan fingerprint density at radius 2 is 2.06 bits per heavy atom. The van der Waals surface area contributed by atoms with Crippen LogP contribution in [0.15, 0.2) is 16.9 Å². The highest BCUT2D eigenvalue weighted by molar-refractivity contribution is 8.13. The Morgan fingerprint density at radius 1 is 1.47 bits per heavy atom. The molecule has 0 saturated heterocycles. The van der Waals surface area contributed by atoms with Crippen molar-refractivity contribution < 1.29 is 9.53 Å². The molecule has 6 nitrogen and oxygen atoms in total. The van der Waals surface area contributed by atoms with Gasteiger partial charge in [0.05, 0.1) is 12.7 Å². The fourth-order valence-electron chi connectivity index (χ4n) is 0.733. The van der Waals surface area contributed by atoms with Gasteiger partial charge in [-0.25, -0.2) is 9.79 Å². The third kappa shape index (κ3) is 9.55. The van der Waals surface area contributed by atoms with Crippen LogP contribution < -0.4 is 16.8 Å². The van der Waals surface area contributed by atoms with E-state index in [-0.39, 0.29) is 6.54 Å². The second kappa shape index (κ2) is 7.05. The zero-order valence-electron chi connectivity index (χ0n) is 10.6. The van der Waals surface area contributed by atoms with E-state index in [1.54, 1.807) is 20.8 Å². The second-order valence-corrected chi connectivity index (χ2v) is 5.06. The third-order valence-electron chi connectivity index (χ3n) is 1.40. The van der Waals surface area contributed by atoms with Crippen molar-refractivity contribution in [1.29, 1.82) is 0 Å². The number of hydrogen-bond donors (Lipinski definition) is 3. The molecular weight excluding hydrogens is 240 g/mol. The summed E-state index contributed by atoms with van der Waals surface area (Å²) in [6, 6.07) is 0. The smallest absolute Gasteiger partial charge is 0.407 e. The molecule has 0 radical (unpaired) electrons. The van der Waals surface area contributed by atoms with Crippen LogP contribution in [0, 0.1) is 0 Å². The Labute approximate surface area is 106 Å². The van der Waals surface area contributed by atoms with Gasteiger partial charge in [0, 0.05) is 5.70 Å². The number of amides is 1. The van der Waals surface area contributed by atoms with Gasteiger partial charge < -0.3 is 21.5 Å². The monoisotopic (exact) mass is 260 g/mol. The van der Waals surface area contributed by atoms with Crippen molar-refractivity contribution in [3.8, 4) is 0 Å². The summed E-state index contributed by atoms with van der Waals surface area (Å²) >= 11 is 1.31. The first-order valence-electron chi connectivity index (χ1n) is 5.03.